The Morgan fingerprint density at radius 3 is 2.38 bits per heavy atom. The lowest BCUT2D eigenvalue weighted by atomic mass is 10.1. The quantitative estimate of drug-likeness (QED) is 0.737. The first-order chi connectivity index (χ1) is 6.18. The summed E-state index contributed by atoms with van der Waals surface area (Å²) in [7, 11) is 0. The van der Waals surface area contributed by atoms with Crippen LogP contribution in [0.15, 0.2) is 30.3 Å². The van der Waals surface area contributed by atoms with E-state index < -0.39 is 0 Å². The Morgan fingerprint density at radius 1 is 1.23 bits per heavy atom. The Morgan fingerprint density at radius 2 is 1.85 bits per heavy atom. The molecule has 13 heavy (non-hydrogen) atoms. The molecule has 2 rings (SSSR count). The minimum atomic E-state index is 0.273. The second kappa shape index (κ2) is 3.74. The molecule has 0 bridgehead atoms. The first kappa shape index (κ1) is 9.72. The van der Waals surface area contributed by atoms with Crippen molar-refractivity contribution < 1.29 is 0 Å². The Kier molecular flexibility index (Phi) is 2.80. The van der Waals surface area contributed by atoms with Crippen molar-refractivity contribution in [1.29, 1.82) is 0 Å². The van der Waals surface area contributed by atoms with Crippen molar-refractivity contribution >= 4 is 31.9 Å². The van der Waals surface area contributed by atoms with Crippen LogP contribution in [0.25, 0.3) is 0 Å². The molecule has 0 saturated heterocycles. The lowest BCUT2D eigenvalue weighted by Crippen LogP contribution is -1.92. The van der Waals surface area contributed by atoms with E-state index >= 15 is 0 Å². The van der Waals surface area contributed by atoms with Gasteiger partial charge in [-0.2, -0.15) is 0 Å². The molecule has 70 valence electrons. The molecule has 0 amide bonds. The summed E-state index contributed by atoms with van der Waals surface area (Å²) in [6, 6.07) is 10.7. The summed E-state index contributed by atoms with van der Waals surface area (Å²) in [6.07, 6.45) is 3.74. The molecular formula is C11H12Br2. The van der Waals surface area contributed by atoms with E-state index in [0.29, 0.717) is 0 Å². The molecule has 1 aromatic carbocycles. The number of benzene rings is 1. The van der Waals surface area contributed by atoms with Gasteiger partial charge in [-0.15, -0.1) is 0 Å². The van der Waals surface area contributed by atoms with E-state index in [1.165, 1.54) is 24.8 Å². The van der Waals surface area contributed by atoms with Gasteiger partial charge in [0.15, 0.2) is 0 Å². The third kappa shape index (κ3) is 2.57. The van der Waals surface area contributed by atoms with Crippen LogP contribution in [-0.4, -0.2) is 3.23 Å². The summed E-state index contributed by atoms with van der Waals surface area (Å²) in [5.74, 6) is 0.813. The molecule has 0 heterocycles. The highest BCUT2D eigenvalue weighted by Gasteiger charge is 2.49. The zero-order chi connectivity index (χ0) is 9.31. The molecular weight excluding hydrogens is 292 g/mol. The van der Waals surface area contributed by atoms with Crippen molar-refractivity contribution in [3.05, 3.63) is 35.9 Å². The maximum atomic E-state index is 3.64. The van der Waals surface area contributed by atoms with Crippen LogP contribution in [0.4, 0.5) is 0 Å². The first-order valence-corrected chi connectivity index (χ1v) is 6.19. The molecule has 0 nitrogen and oxygen atoms in total. The van der Waals surface area contributed by atoms with Crippen LogP contribution in [0, 0.1) is 5.92 Å². The molecule has 0 radical (unpaired) electrons. The van der Waals surface area contributed by atoms with Crippen LogP contribution in [0.1, 0.15) is 18.4 Å². The van der Waals surface area contributed by atoms with Crippen LogP contribution in [0.2, 0.25) is 0 Å². The van der Waals surface area contributed by atoms with Crippen LogP contribution in [-0.2, 0) is 6.42 Å². The summed E-state index contributed by atoms with van der Waals surface area (Å²) in [5, 5.41) is 0. The molecule has 1 aliphatic carbocycles. The van der Waals surface area contributed by atoms with Gasteiger partial charge in [0.1, 0.15) is 0 Å². The van der Waals surface area contributed by atoms with Crippen molar-refractivity contribution in [2.24, 2.45) is 5.92 Å². The highest BCUT2D eigenvalue weighted by Crippen LogP contribution is 2.58. The van der Waals surface area contributed by atoms with Crippen LogP contribution in [0.3, 0.4) is 0 Å². The number of aryl methyl sites for hydroxylation is 1. The topological polar surface area (TPSA) is 0 Å². The summed E-state index contributed by atoms with van der Waals surface area (Å²) in [5.41, 5.74) is 1.45. The molecule has 1 unspecified atom stereocenters. The smallest absolute Gasteiger partial charge is 0.0724 e. The monoisotopic (exact) mass is 302 g/mol. The Hall–Kier alpha value is 0.180. The Balaban J connectivity index is 1.82. The zero-order valence-electron chi connectivity index (χ0n) is 7.34. The van der Waals surface area contributed by atoms with Gasteiger partial charge >= 0.3 is 0 Å². The summed E-state index contributed by atoms with van der Waals surface area (Å²) >= 11 is 7.29. The predicted molar refractivity (Wildman–Crippen MR) is 63.5 cm³/mol. The van der Waals surface area contributed by atoms with E-state index in [4.69, 9.17) is 0 Å². The maximum absolute atomic E-state index is 3.64. The van der Waals surface area contributed by atoms with Crippen molar-refractivity contribution in [2.75, 3.05) is 0 Å². The van der Waals surface area contributed by atoms with Gasteiger partial charge in [-0.1, -0.05) is 62.2 Å². The molecule has 1 atom stereocenters. The summed E-state index contributed by atoms with van der Waals surface area (Å²) in [6.45, 7) is 0. The first-order valence-electron chi connectivity index (χ1n) is 4.60. The van der Waals surface area contributed by atoms with Crippen molar-refractivity contribution in [3.63, 3.8) is 0 Å². The molecule has 0 aliphatic heterocycles. The molecule has 2 heteroatoms. The number of hydrogen-bond acceptors (Lipinski definition) is 0. The molecule has 1 saturated carbocycles. The summed E-state index contributed by atoms with van der Waals surface area (Å²) in [4.78, 5) is 0. The number of alkyl halides is 2. The van der Waals surface area contributed by atoms with Crippen molar-refractivity contribution in [3.8, 4) is 0 Å². The number of rotatable bonds is 3. The second-order valence-corrected chi connectivity index (χ2v) is 7.58. The fraction of sp³-hybridized carbons (Fsp3) is 0.455. The molecule has 0 spiro atoms. The van der Waals surface area contributed by atoms with E-state index in [1.54, 1.807) is 0 Å². The van der Waals surface area contributed by atoms with Gasteiger partial charge in [-0.25, -0.2) is 0 Å². The van der Waals surface area contributed by atoms with Crippen molar-refractivity contribution in [1.82, 2.24) is 0 Å². The van der Waals surface area contributed by atoms with Gasteiger partial charge in [0, 0.05) is 0 Å². The van der Waals surface area contributed by atoms with Crippen LogP contribution in [0.5, 0.6) is 0 Å². The Labute approximate surface area is 96.0 Å². The molecule has 0 N–H and O–H groups in total. The standard InChI is InChI=1S/C11H12Br2/c12-11(13)8-10(11)7-6-9-4-2-1-3-5-9/h1-5,10H,6-8H2. The maximum Gasteiger partial charge on any atom is 0.0838 e. The molecule has 1 fully saturated rings. The highest BCUT2D eigenvalue weighted by molar-refractivity contribution is 9.25. The minimum Gasteiger partial charge on any atom is -0.0724 e. The van der Waals surface area contributed by atoms with E-state index in [-0.39, 0.29) is 3.23 Å². The minimum absolute atomic E-state index is 0.273. The van der Waals surface area contributed by atoms with E-state index in [2.05, 4.69) is 62.2 Å². The average Bonchev–Trinajstić information content (AvgIpc) is 2.73. The predicted octanol–water partition coefficient (Wildman–Crippen LogP) is 4.13. The van der Waals surface area contributed by atoms with Gasteiger partial charge in [-0.05, 0) is 30.7 Å². The third-order valence-corrected chi connectivity index (χ3v) is 4.52. The zero-order valence-corrected chi connectivity index (χ0v) is 10.5. The van der Waals surface area contributed by atoms with Gasteiger partial charge < -0.3 is 0 Å². The fourth-order valence-corrected chi connectivity index (χ4v) is 2.81. The van der Waals surface area contributed by atoms with Crippen LogP contribution < -0.4 is 0 Å². The van der Waals surface area contributed by atoms with Gasteiger partial charge in [0.05, 0.1) is 3.23 Å². The number of hydrogen-bond donors (Lipinski definition) is 0. The highest BCUT2D eigenvalue weighted by atomic mass is 79.9. The second-order valence-electron chi connectivity index (χ2n) is 3.69. The normalized spacial score (nSPS) is 24.3. The molecule has 1 aromatic rings. The molecule has 1 aliphatic rings. The lowest BCUT2D eigenvalue weighted by molar-refractivity contribution is 0.726. The van der Waals surface area contributed by atoms with Gasteiger partial charge in [0.2, 0.25) is 0 Å². The fourth-order valence-electron chi connectivity index (χ4n) is 1.57. The lowest BCUT2D eigenvalue weighted by Gasteiger charge is -2.01. The third-order valence-electron chi connectivity index (χ3n) is 2.58. The van der Waals surface area contributed by atoms with Crippen molar-refractivity contribution in [2.45, 2.75) is 22.5 Å². The summed E-state index contributed by atoms with van der Waals surface area (Å²) < 4.78 is 0.273. The molecule has 0 aromatic heterocycles. The van der Waals surface area contributed by atoms with E-state index in [0.717, 1.165) is 5.92 Å². The van der Waals surface area contributed by atoms with Gasteiger partial charge in [-0.3, -0.25) is 0 Å². The average molecular weight is 304 g/mol. The van der Waals surface area contributed by atoms with E-state index in [1.807, 2.05) is 0 Å². The van der Waals surface area contributed by atoms with Gasteiger partial charge in [0.25, 0.3) is 0 Å². The van der Waals surface area contributed by atoms with Crippen LogP contribution >= 0.6 is 31.9 Å². The Bertz CT molecular complexity index is 279. The number of halogens is 2. The largest absolute Gasteiger partial charge is 0.0838 e. The SMILES string of the molecule is BrC1(Br)CC1CCc1ccccc1. The van der Waals surface area contributed by atoms with E-state index in [9.17, 15) is 0 Å².